The van der Waals surface area contributed by atoms with Gasteiger partial charge in [-0.2, -0.15) is 0 Å². The van der Waals surface area contributed by atoms with Crippen molar-refractivity contribution in [2.45, 2.75) is 52.0 Å². The lowest BCUT2D eigenvalue weighted by molar-refractivity contribution is 0.128. The van der Waals surface area contributed by atoms with Crippen LogP contribution in [0.15, 0.2) is 4.99 Å². The van der Waals surface area contributed by atoms with Crippen LogP contribution >= 0.6 is 24.0 Å². The quantitative estimate of drug-likeness (QED) is 0.237. The largest absolute Gasteiger partial charge is 0.380 e. The fraction of sp³-hybridized carbons (Fsp3) is 0.941. The maximum Gasteiger partial charge on any atom is 0.191 e. The van der Waals surface area contributed by atoms with E-state index in [1.54, 1.807) is 0 Å². The van der Waals surface area contributed by atoms with E-state index < -0.39 is 0 Å². The zero-order valence-corrected chi connectivity index (χ0v) is 17.8. The second kappa shape index (κ2) is 14.3. The standard InChI is InChI=1S/C17H36N4O.HI/c1-15(2)9-13-22-14-11-20-17(18-3)19-10-12-21(4)16-7-5-6-8-16;/h15-16H,5-14H2,1-4H3,(H2,18,19,20);1H. The monoisotopic (exact) mass is 440 g/mol. The number of nitrogens with one attached hydrogen (secondary N) is 2. The van der Waals surface area contributed by atoms with E-state index in [1.165, 1.54) is 25.7 Å². The summed E-state index contributed by atoms with van der Waals surface area (Å²) in [6.45, 7) is 8.81. The average molecular weight is 440 g/mol. The van der Waals surface area contributed by atoms with Gasteiger partial charge in [0.05, 0.1) is 6.61 Å². The highest BCUT2D eigenvalue weighted by Crippen LogP contribution is 2.21. The Morgan fingerprint density at radius 1 is 1.17 bits per heavy atom. The molecule has 1 aliphatic carbocycles. The third-order valence-electron chi connectivity index (χ3n) is 4.31. The molecule has 0 heterocycles. The minimum absolute atomic E-state index is 0. The Morgan fingerprint density at radius 3 is 2.43 bits per heavy atom. The van der Waals surface area contributed by atoms with Crippen molar-refractivity contribution in [1.29, 1.82) is 0 Å². The number of ether oxygens (including phenoxy) is 1. The van der Waals surface area contributed by atoms with E-state index in [1.807, 2.05) is 7.05 Å². The van der Waals surface area contributed by atoms with Crippen LogP contribution in [0.5, 0.6) is 0 Å². The average Bonchev–Trinajstić information content (AvgIpc) is 3.02. The third-order valence-corrected chi connectivity index (χ3v) is 4.31. The van der Waals surface area contributed by atoms with Gasteiger partial charge in [-0.05, 0) is 32.2 Å². The number of aliphatic imine (C=N–C) groups is 1. The Morgan fingerprint density at radius 2 is 1.83 bits per heavy atom. The number of hydrogen-bond donors (Lipinski definition) is 2. The fourth-order valence-electron chi connectivity index (χ4n) is 2.76. The molecule has 0 bridgehead atoms. The lowest BCUT2D eigenvalue weighted by Crippen LogP contribution is -2.43. The van der Waals surface area contributed by atoms with Gasteiger partial charge >= 0.3 is 0 Å². The van der Waals surface area contributed by atoms with Gasteiger partial charge in [0.25, 0.3) is 0 Å². The molecular formula is C17H37IN4O. The van der Waals surface area contributed by atoms with Gasteiger partial charge in [-0.3, -0.25) is 4.99 Å². The van der Waals surface area contributed by atoms with Gasteiger partial charge in [0, 0.05) is 39.3 Å². The van der Waals surface area contributed by atoms with Crippen LogP contribution in [0.4, 0.5) is 0 Å². The summed E-state index contributed by atoms with van der Waals surface area (Å²) in [5, 5.41) is 6.67. The van der Waals surface area contributed by atoms with E-state index >= 15 is 0 Å². The van der Waals surface area contributed by atoms with Gasteiger partial charge < -0.3 is 20.3 Å². The third kappa shape index (κ3) is 11.2. The first-order valence-electron chi connectivity index (χ1n) is 8.86. The number of halogens is 1. The zero-order valence-electron chi connectivity index (χ0n) is 15.4. The topological polar surface area (TPSA) is 48.9 Å². The first kappa shape index (κ1) is 22.9. The summed E-state index contributed by atoms with van der Waals surface area (Å²) in [6.07, 6.45) is 6.62. The van der Waals surface area contributed by atoms with Gasteiger partial charge in [0.15, 0.2) is 5.96 Å². The molecule has 5 nitrogen and oxygen atoms in total. The van der Waals surface area contributed by atoms with Crippen LogP contribution in [0.2, 0.25) is 0 Å². The normalized spacial score (nSPS) is 16.0. The Kier molecular flexibility index (Phi) is 14.2. The summed E-state index contributed by atoms with van der Waals surface area (Å²) < 4.78 is 5.60. The lowest BCUT2D eigenvalue weighted by Gasteiger charge is -2.24. The summed E-state index contributed by atoms with van der Waals surface area (Å²) in [5.74, 6) is 1.58. The molecule has 1 rings (SSSR count). The van der Waals surface area contributed by atoms with Crippen molar-refractivity contribution in [3.05, 3.63) is 0 Å². The van der Waals surface area contributed by atoms with E-state index in [2.05, 4.69) is 41.4 Å². The van der Waals surface area contributed by atoms with Gasteiger partial charge in [0.2, 0.25) is 0 Å². The molecule has 6 heteroatoms. The van der Waals surface area contributed by atoms with Crippen molar-refractivity contribution in [3.8, 4) is 0 Å². The van der Waals surface area contributed by atoms with Gasteiger partial charge in [-0.25, -0.2) is 0 Å². The predicted octanol–water partition coefficient (Wildman–Crippen LogP) is 2.71. The molecule has 23 heavy (non-hydrogen) atoms. The molecule has 0 unspecified atom stereocenters. The molecule has 0 aromatic rings. The van der Waals surface area contributed by atoms with Crippen LogP contribution in [-0.2, 0) is 4.74 Å². The molecule has 0 atom stereocenters. The SMILES string of the molecule is CN=C(NCCOCCC(C)C)NCCN(C)C1CCCC1.I. The Hall–Kier alpha value is -0.0800. The highest BCUT2D eigenvalue weighted by atomic mass is 127. The molecule has 0 saturated heterocycles. The van der Waals surface area contributed by atoms with Crippen LogP contribution in [0.3, 0.4) is 0 Å². The Bertz CT molecular complexity index is 307. The van der Waals surface area contributed by atoms with E-state index in [4.69, 9.17) is 4.74 Å². The maximum atomic E-state index is 5.60. The molecule has 0 aromatic carbocycles. The zero-order chi connectivity index (χ0) is 16.2. The van der Waals surface area contributed by atoms with Crippen LogP contribution < -0.4 is 10.6 Å². The molecular weight excluding hydrogens is 403 g/mol. The number of nitrogens with zero attached hydrogens (tertiary/aromatic N) is 2. The minimum atomic E-state index is 0. The summed E-state index contributed by atoms with van der Waals surface area (Å²) in [7, 11) is 4.05. The highest BCUT2D eigenvalue weighted by molar-refractivity contribution is 14.0. The van der Waals surface area contributed by atoms with E-state index in [0.717, 1.165) is 51.3 Å². The molecule has 0 spiro atoms. The van der Waals surface area contributed by atoms with Gasteiger partial charge in [0.1, 0.15) is 0 Å². The van der Waals surface area contributed by atoms with Crippen molar-refractivity contribution in [3.63, 3.8) is 0 Å². The molecule has 2 N–H and O–H groups in total. The minimum Gasteiger partial charge on any atom is -0.380 e. The molecule has 1 aliphatic rings. The van der Waals surface area contributed by atoms with Crippen molar-refractivity contribution < 1.29 is 4.74 Å². The van der Waals surface area contributed by atoms with Crippen LogP contribution in [-0.4, -0.2) is 63.8 Å². The van der Waals surface area contributed by atoms with Crippen LogP contribution in [0, 0.1) is 5.92 Å². The molecule has 0 aromatic heterocycles. The van der Waals surface area contributed by atoms with E-state index in [9.17, 15) is 0 Å². The van der Waals surface area contributed by atoms with Crippen molar-refractivity contribution in [2.75, 3.05) is 46.9 Å². The molecule has 0 aliphatic heterocycles. The fourth-order valence-corrected chi connectivity index (χ4v) is 2.76. The van der Waals surface area contributed by atoms with Crippen molar-refractivity contribution >= 4 is 29.9 Å². The molecule has 138 valence electrons. The van der Waals surface area contributed by atoms with Crippen molar-refractivity contribution in [2.24, 2.45) is 10.9 Å². The maximum absolute atomic E-state index is 5.60. The molecule has 0 radical (unpaired) electrons. The predicted molar refractivity (Wildman–Crippen MR) is 110 cm³/mol. The molecule has 1 saturated carbocycles. The second-order valence-corrected chi connectivity index (χ2v) is 6.64. The summed E-state index contributed by atoms with van der Waals surface area (Å²) in [5.41, 5.74) is 0. The number of likely N-dealkylation sites (N-methyl/N-ethyl adjacent to an activating group) is 1. The van der Waals surface area contributed by atoms with E-state index in [0.29, 0.717) is 5.92 Å². The highest BCUT2D eigenvalue weighted by Gasteiger charge is 2.18. The van der Waals surface area contributed by atoms with E-state index in [-0.39, 0.29) is 24.0 Å². The first-order valence-corrected chi connectivity index (χ1v) is 8.86. The van der Waals surface area contributed by atoms with Crippen molar-refractivity contribution in [1.82, 2.24) is 15.5 Å². The van der Waals surface area contributed by atoms with Gasteiger partial charge in [-0.15, -0.1) is 24.0 Å². The number of guanidine groups is 1. The number of hydrogen-bond acceptors (Lipinski definition) is 3. The summed E-state index contributed by atoms with van der Waals surface area (Å²) in [4.78, 5) is 6.72. The first-order chi connectivity index (χ1) is 10.6. The number of rotatable bonds is 10. The summed E-state index contributed by atoms with van der Waals surface area (Å²) >= 11 is 0. The van der Waals surface area contributed by atoms with Crippen LogP contribution in [0.25, 0.3) is 0 Å². The van der Waals surface area contributed by atoms with Gasteiger partial charge in [-0.1, -0.05) is 26.7 Å². The molecule has 0 amide bonds. The smallest absolute Gasteiger partial charge is 0.191 e. The Labute approximate surface area is 160 Å². The lowest BCUT2D eigenvalue weighted by atomic mass is 10.1. The second-order valence-electron chi connectivity index (χ2n) is 6.64. The Balaban J connectivity index is 0.00000484. The molecule has 1 fully saturated rings. The summed E-state index contributed by atoms with van der Waals surface area (Å²) in [6, 6.07) is 0.783. The van der Waals surface area contributed by atoms with Crippen LogP contribution in [0.1, 0.15) is 46.0 Å².